The second-order valence-electron chi connectivity index (χ2n) is 2.61. The van der Waals surface area contributed by atoms with E-state index in [1.54, 1.807) is 0 Å². The van der Waals surface area contributed by atoms with Crippen LogP contribution in [0, 0.1) is 0 Å². The lowest BCUT2D eigenvalue weighted by Gasteiger charge is -1.97. The fourth-order valence-electron chi connectivity index (χ4n) is 1.12. The van der Waals surface area contributed by atoms with Crippen LogP contribution in [0.4, 0.5) is 0 Å². The molecule has 0 aliphatic heterocycles. The standard InChI is InChI=1S/C8H6Br2N2/c1-12-4-11-7-2-5(9)6(10)3-8(7)12/h2-4H,1H3. The Balaban J connectivity index is 2.87. The third-order valence-electron chi connectivity index (χ3n) is 1.77. The molecule has 12 heavy (non-hydrogen) atoms. The first-order valence-electron chi connectivity index (χ1n) is 3.44. The first-order valence-corrected chi connectivity index (χ1v) is 5.03. The lowest BCUT2D eigenvalue weighted by molar-refractivity contribution is 0.947. The van der Waals surface area contributed by atoms with Gasteiger partial charge >= 0.3 is 0 Å². The molecule has 0 fully saturated rings. The Morgan fingerprint density at radius 3 is 2.67 bits per heavy atom. The van der Waals surface area contributed by atoms with Crippen LogP contribution in [0.3, 0.4) is 0 Å². The van der Waals surface area contributed by atoms with Gasteiger partial charge in [-0.05, 0) is 44.0 Å². The van der Waals surface area contributed by atoms with Gasteiger partial charge in [0.2, 0.25) is 0 Å². The summed E-state index contributed by atoms with van der Waals surface area (Å²) in [6.45, 7) is 0. The molecule has 0 bridgehead atoms. The Morgan fingerprint density at radius 1 is 1.25 bits per heavy atom. The minimum Gasteiger partial charge on any atom is -0.334 e. The topological polar surface area (TPSA) is 17.8 Å². The molecule has 0 unspecified atom stereocenters. The van der Waals surface area contributed by atoms with Gasteiger partial charge in [-0.25, -0.2) is 4.98 Å². The van der Waals surface area contributed by atoms with Crippen LogP contribution < -0.4 is 0 Å². The number of imidazole rings is 1. The molecule has 1 aromatic carbocycles. The van der Waals surface area contributed by atoms with Crippen LogP contribution in [0.2, 0.25) is 0 Å². The van der Waals surface area contributed by atoms with Crippen molar-refractivity contribution in [3.05, 3.63) is 27.4 Å². The maximum absolute atomic E-state index is 4.23. The molecule has 0 saturated carbocycles. The van der Waals surface area contributed by atoms with Crippen molar-refractivity contribution in [3.63, 3.8) is 0 Å². The molecule has 0 radical (unpaired) electrons. The van der Waals surface area contributed by atoms with Crippen LogP contribution in [0.25, 0.3) is 11.0 Å². The SMILES string of the molecule is Cn1cnc2cc(Br)c(Br)cc21. The van der Waals surface area contributed by atoms with Crippen LogP contribution in [-0.2, 0) is 7.05 Å². The Kier molecular flexibility index (Phi) is 1.96. The number of benzene rings is 1. The molecule has 0 N–H and O–H groups in total. The summed E-state index contributed by atoms with van der Waals surface area (Å²) in [7, 11) is 1.98. The third kappa shape index (κ3) is 1.19. The van der Waals surface area contributed by atoms with E-state index >= 15 is 0 Å². The van der Waals surface area contributed by atoms with Gasteiger partial charge in [0.25, 0.3) is 0 Å². The molecule has 2 rings (SSSR count). The maximum atomic E-state index is 4.23. The fraction of sp³-hybridized carbons (Fsp3) is 0.125. The van der Waals surface area contributed by atoms with Crippen molar-refractivity contribution in [2.45, 2.75) is 0 Å². The van der Waals surface area contributed by atoms with Gasteiger partial charge in [-0.3, -0.25) is 0 Å². The summed E-state index contributed by atoms with van der Waals surface area (Å²) >= 11 is 6.88. The van der Waals surface area contributed by atoms with E-state index in [0.29, 0.717) is 0 Å². The van der Waals surface area contributed by atoms with Gasteiger partial charge in [0.05, 0.1) is 17.4 Å². The first kappa shape index (κ1) is 8.26. The zero-order valence-electron chi connectivity index (χ0n) is 6.38. The molecule has 0 atom stereocenters. The number of halogens is 2. The minimum absolute atomic E-state index is 1.01. The fourth-order valence-corrected chi connectivity index (χ4v) is 1.79. The van der Waals surface area contributed by atoms with Crippen molar-refractivity contribution in [1.29, 1.82) is 0 Å². The Morgan fingerprint density at radius 2 is 1.92 bits per heavy atom. The maximum Gasteiger partial charge on any atom is 0.0955 e. The third-order valence-corrected chi connectivity index (χ3v) is 3.61. The van der Waals surface area contributed by atoms with Crippen molar-refractivity contribution in [1.82, 2.24) is 9.55 Å². The molecule has 1 aromatic heterocycles. The smallest absolute Gasteiger partial charge is 0.0955 e. The van der Waals surface area contributed by atoms with Crippen LogP contribution in [0.15, 0.2) is 27.4 Å². The lowest BCUT2D eigenvalue weighted by atomic mass is 10.3. The molecule has 0 saturated heterocycles. The quantitative estimate of drug-likeness (QED) is 0.729. The van der Waals surface area contributed by atoms with Gasteiger partial charge in [-0.1, -0.05) is 0 Å². The van der Waals surface area contributed by atoms with Crippen LogP contribution in [0.5, 0.6) is 0 Å². The van der Waals surface area contributed by atoms with Crippen LogP contribution in [-0.4, -0.2) is 9.55 Å². The minimum atomic E-state index is 1.01. The molecule has 1 heterocycles. The highest BCUT2D eigenvalue weighted by Crippen LogP contribution is 2.27. The second-order valence-corrected chi connectivity index (χ2v) is 4.32. The first-order chi connectivity index (χ1) is 5.68. The van der Waals surface area contributed by atoms with Crippen molar-refractivity contribution in [2.75, 3.05) is 0 Å². The van der Waals surface area contributed by atoms with Crippen molar-refractivity contribution >= 4 is 42.9 Å². The number of aryl methyl sites for hydroxylation is 1. The Labute approximate surface area is 86.9 Å². The molecular formula is C8H6Br2N2. The van der Waals surface area contributed by atoms with E-state index in [2.05, 4.69) is 36.8 Å². The van der Waals surface area contributed by atoms with E-state index in [1.165, 1.54) is 0 Å². The Bertz CT molecular complexity index is 434. The zero-order chi connectivity index (χ0) is 8.72. The number of hydrogen-bond donors (Lipinski definition) is 0. The Hall–Kier alpha value is -0.350. The largest absolute Gasteiger partial charge is 0.334 e. The summed E-state index contributed by atoms with van der Waals surface area (Å²) < 4.78 is 4.08. The molecule has 0 aliphatic carbocycles. The van der Waals surface area contributed by atoms with E-state index in [9.17, 15) is 0 Å². The van der Waals surface area contributed by atoms with E-state index in [-0.39, 0.29) is 0 Å². The molecule has 2 nitrogen and oxygen atoms in total. The lowest BCUT2D eigenvalue weighted by Crippen LogP contribution is -1.83. The zero-order valence-corrected chi connectivity index (χ0v) is 9.55. The van der Waals surface area contributed by atoms with Gasteiger partial charge in [0.1, 0.15) is 0 Å². The summed E-state index contributed by atoms with van der Waals surface area (Å²) in [4.78, 5) is 4.23. The van der Waals surface area contributed by atoms with Crippen molar-refractivity contribution in [2.24, 2.45) is 7.05 Å². The number of rotatable bonds is 0. The van der Waals surface area contributed by atoms with E-state index in [4.69, 9.17) is 0 Å². The molecule has 62 valence electrons. The van der Waals surface area contributed by atoms with Gasteiger partial charge < -0.3 is 4.57 Å². The number of aromatic nitrogens is 2. The van der Waals surface area contributed by atoms with E-state index < -0.39 is 0 Å². The number of fused-ring (bicyclic) bond motifs is 1. The normalized spacial score (nSPS) is 10.9. The number of hydrogen-bond acceptors (Lipinski definition) is 1. The average molecular weight is 290 g/mol. The highest BCUT2D eigenvalue weighted by molar-refractivity contribution is 9.13. The van der Waals surface area contributed by atoms with E-state index in [1.807, 2.05) is 30.1 Å². The van der Waals surface area contributed by atoms with Gasteiger partial charge in [0.15, 0.2) is 0 Å². The number of nitrogens with zero attached hydrogens (tertiary/aromatic N) is 2. The van der Waals surface area contributed by atoms with Crippen LogP contribution in [0.1, 0.15) is 0 Å². The summed E-state index contributed by atoms with van der Waals surface area (Å²) in [5.41, 5.74) is 2.14. The summed E-state index contributed by atoms with van der Waals surface area (Å²) in [6, 6.07) is 4.05. The van der Waals surface area contributed by atoms with Crippen molar-refractivity contribution in [3.8, 4) is 0 Å². The van der Waals surface area contributed by atoms with E-state index in [0.717, 1.165) is 20.0 Å². The molecule has 2 aromatic rings. The molecule has 0 amide bonds. The average Bonchev–Trinajstić information content (AvgIpc) is 2.35. The summed E-state index contributed by atoms with van der Waals surface area (Å²) in [6.07, 6.45) is 1.81. The van der Waals surface area contributed by atoms with Crippen molar-refractivity contribution < 1.29 is 0 Å². The summed E-state index contributed by atoms with van der Waals surface area (Å²) in [5.74, 6) is 0. The molecule has 0 spiro atoms. The molecule has 4 heteroatoms. The van der Waals surface area contributed by atoms with Gasteiger partial charge in [-0.2, -0.15) is 0 Å². The predicted molar refractivity (Wildman–Crippen MR) is 56.1 cm³/mol. The van der Waals surface area contributed by atoms with Gasteiger partial charge in [-0.15, -0.1) is 0 Å². The highest BCUT2D eigenvalue weighted by atomic mass is 79.9. The monoisotopic (exact) mass is 288 g/mol. The van der Waals surface area contributed by atoms with Gasteiger partial charge in [0, 0.05) is 16.0 Å². The van der Waals surface area contributed by atoms with Crippen LogP contribution >= 0.6 is 31.9 Å². The summed E-state index contributed by atoms with van der Waals surface area (Å²) in [5, 5.41) is 0. The molecule has 0 aliphatic rings. The molecular weight excluding hydrogens is 284 g/mol. The highest BCUT2D eigenvalue weighted by Gasteiger charge is 2.03. The predicted octanol–water partition coefficient (Wildman–Crippen LogP) is 3.10. The second kappa shape index (κ2) is 2.85.